The molecule has 0 spiro atoms. The van der Waals surface area contributed by atoms with E-state index in [0.717, 1.165) is 31.4 Å². The van der Waals surface area contributed by atoms with E-state index >= 15 is 0 Å². The Morgan fingerprint density at radius 2 is 1.71 bits per heavy atom. The van der Waals surface area contributed by atoms with Crippen LogP contribution in [0.2, 0.25) is 0 Å². The van der Waals surface area contributed by atoms with E-state index in [-0.39, 0.29) is 11.8 Å². The lowest BCUT2D eigenvalue weighted by molar-refractivity contribution is -0.140. The molecule has 5 heteroatoms. The van der Waals surface area contributed by atoms with Gasteiger partial charge in [0.1, 0.15) is 5.75 Å². The van der Waals surface area contributed by atoms with Gasteiger partial charge in [-0.1, -0.05) is 28.8 Å². The molecule has 0 unspecified atom stereocenters. The second kappa shape index (κ2) is 10.4. The molecule has 0 bridgehead atoms. The smallest absolute Gasteiger partial charge is 0.305 e. The molecule has 0 amide bonds. The van der Waals surface area contributed by atoms with Gasteiger partial charge in [0.2, 0.25) is 0 Å². The molecule has 0 aliphatic carbocycles. The summed E-state index contributed by atoms with van der Waals surface area (Å²) in [5.74, 6) is 0.687. The lowest BCUT2D eigenvalue weighted by Gasteiger charge is -2.06. The first-order valence-electron chi connectivity index (χ1n) is 7.06. The number of Topliss-reactive ketones (excluding diaryl/α,β-unsaturated/α-hetero) is 1. The van der Waals surface area contributed by atoms with E-state index in [1.807, 2.05) is 12.1 Å². The van der Waals surface area contributed by atoms with Crippen molar-refractivity contribution in [2.75, 3.05) is 19.0 Å². The van der Waals surface area contributed by atoms with Crippen LogP contribution in [0.5, 0.6) is 5.75 Å². The first kappa shape index (κ1) is 17.7. The Morgan fingerprint density at radius 1 is 1.05 bits per heavy atom. The summed E-state index contributed by atoms with van der Waals surface area (Å²) in [7, 11) is 1.41. The molecule has 0 fully saturated rings. The van der Waals surface area contributed by atoms with Crippen LogP contribution < -0.4 is 4.74 Å². The fourth-order valence-electron chi connectivity index (χ4n) is 1.83. The SMILES string of the molecule is COC(=O)CCCCCCOc1ccc(C(=O)CBr)cc1. The summed E-state index contributed by atoms with van der Waals surface area (Å²) >= 11 is 3.15. The maximum atomic E-state index is 11.4. The Bertz CT molecular complexity index is 442. The van der Waals surface area contributed by atoms with Crippen molar-refractivity contribution in [2.24, 2.45) is 0 Å². The summed E-state index contributed by atoms with van der Waals surface area (Å²) in [4.78, 5) is 22.3. The number of hydrogen-bond acceptors (Lipinski definition) is 4. The fourth-order valence-corrected chi connectivity index (χ4v) is 2.15. The van der Waals surface area contributed by atoms with Crippen molar-refractivity contribution in [1.29, 1.82) is 0 Å². The lowest BCUT2D eigenvalue weighted by Crippen LogP contribution is -2.01. The summed E-state index contributed by atoms with van der Waals surface area (Å²) in [5, 5.41) is 0.332. The standard InChI is InChI=1S/C16H21BrO4/c1-20-16(19)6-4-2-3-5-11-21-14-9-7-13(8-10-14)15(18)12-17/h7-10H,2-6,11-12H2,1H3. The molecule has 0 atom stereocenters. The Hall–Kier alpha value is -1.36. The van der Waals surface area contributed by atoms with Crippen LogP contribution in [0, 0.1) is 0 Å². The third kappa shape index (κ3) is 7.27. The topological polar surface area (TPSA) is 52.6 Å². The minimum atomic E-state index is -0.149. The van der Waals surface area contributed by atoms with Crippen LogP contribution in [0.3, 0.4) is 0 Å². The minimum absolute atomic E-state index is 0.0622. The molecule has 0 N–H and O–H groups in total. The summed E-state index contributed by atoms with van der Waals surface area (Å²) in [6, 6.07) is 7.17. The maximum absolute atomic E-state index is 11.4. The van der Waals surface area contributed by atoms with Crippen molar-refractivity contribution in [3.05, 3.63) is 29.8 Å². The first-order chi connectivity index (χ1) is 10.2. The zero-order valence-electron chi connectivity index (χ0n) is 12.3. The Kier molecular flexibility index (Phi) is 8.74. The number of halogens is 1. The number of ketones is 1. The van der Waals surface area contributed by atoms with Gasteiger partial charge < -0.3 is 9.47 Å². The molecule has 1 aromatic carbocycles. The van der Waals surface area contributed by atoms with Crippen molar-refractivity contribution in [3.63, 3.8) is 0 Å². The highest BCUT2D eigenvalue weighted by atomic mass is 79.9. The Labute approximate surface area is 133 Å². The number of esters is 1. The summed E-state index contributed by atoms with van der Waals surface area (Å²) in [5.41, 5.74) is 0.682. The number of carbonyl (C=O) groups excluding carboxylic acids is 2. The van der Waals surface area contributed by atoms with Crippen LogP contribution in [-0.2, 0) is 9.53 Å². The van der Waals surface area contributed by atoms with Gasteiger partial charge >= 0.3 is 5.97 Å². The number of rotatable bonds is 10. The van der Waals surface area contributed by atoms with Crippen LogP contribution in [0.25, 0.3) is 0 Å². The molecule has 0 aromatic heterocycles. The third-order valence-electron chi connectivity index (χ3n) is 3.07. The molecular formula is C16H21BrO4. The van der Waals surface area contributed by atoms with E-state index < -0.39 is 0 Å². The van der Waals surface area contributed by atoms with E-state index in [1.54, 1.807) is 12.1 Å². The first-order valence-corrected chi connectivity index (χ1v) is 8.18. The van der Waals surface area contributed by atoms with Gasteiger partial charge in [-0.3, -0.25) is 9.59 Å². The van der Waals surface area contributed by atoms with Crippen LogP contribution >= 0.6 is 15.9 Å². The summed E-state index contributed by atoms with van der Waals surface area (Å²) < 4.78 is 10.2. The zero-order valence-corrected chi connectivity index (χ0v) is 13.9. The fraction of sp³-hybridized carbons (Fsp3) is 0.500. The zero-order chi connectivity index (χ0) is 15.5. The molecule has 1 rings (SSSR count). The monoisotopic (exact) mass is 356 g/mol. The van der Waals surface area contributed by atoms with E-state index in [9.17, 15) is 9.59 Å². The number of hydrogen-bond donors (Lipinski definition) is 0. The lowest BCUT2D eigenvalue weighted by atomic mass is 10.1. The number of carbonyl (C=O) groups is 2. The minimum Gasteiger partial charge on any atom is -0.494 e. The van der Waals surface area contributed by atoms with Crippen LogP contribution in [-0.4, -0.2) is 30.8 Å². The normalized spacial score (nSPS) is 10.2. The van der Waals surface area contributed by atoms with Gasteiger partial charge in [-0.15, -0.1) is 0 Å². The maximum Gasteiger partial charge on any atom is 0.305 e. The quantitative estimate of drug-likeness (QED) is 0.277. The molecule has 116 valence electrons. The van der Waals surface area contributed by atoms with Crippen molar-refractivity contribution in [2.45, 2.75) is 32.1 Å². The molecule has 4 nitrogen and oxygen atoms in total. The van der Waals surface area contributed by atoms with Gasteiger partial charge in [0.15, 0.2) is 5.78 Å². The molecule has 1 aromatic rings. The predicted molar refractivity (Wildman–Crippen MR) is 85.2 cm³/mol. The second-order valence-corrected chi connectivity index (χ2v) is 5.23. The average molecular weight is 357 g/mol. The molecule has 0 heterocycles. The van der Waals surface area contributed by atoms with Gasteiger partial charge in [-0.2, -0.15) is 0 Å². The van der Waals surface area contributed by atoms with E-state index in [0.29, 0.717) is 23.9 Å². The largest absolute Gasteiger partial charge is 0.494 e. The highest BCUT2D eigenvalue weighted by Crippen LogP contribution is 2.14. The van der Waals surface area contributed by atoms with Gasteiger partial charge in [0.25, 0.3) is 0 Å². The van der Waals surface area contributed by atoms with Crippen LogP contribution in [0.1, 0.15) is 42.5 Å². The van der Waals surface area contributed by atoms with Gasteiger partial charge in [0, 0.05) is 12.0 Å². The number of methoxy groups -OCH3 is 1. The molecule has 0 radical (unpaired) electrons. The van der Waals surface area contributed by atoms with E-state index in [1.165, 1.54) is 7.11 Å². The third-order valence-corrected chi connectivity index (χ3v) is 3.58. The number of ether oxygens (including phenoxy) is 2. The van der Waals surface area contributed by atoms with Crippen molar-refractivity contribution < 1.29 is 19.1 Å². The van der Waals surface area contributed by atoms with Gasteiger partial charge in [0.05, 0.1) is 19.0 Å². The molecule has 21 heavy (non-hydrogen) atoms. The molecule has 0 saturated heterocycles. The van der Waals surface area contributed by atoms with Crippen molar-refractivity contribution >= 4 is 27.7 Å². The van der Waals surface area contributed by atoms with E-state index in [4.69, 9.17) is 4.74 Å². The summed E-state index contributed by atoms with van der Waals surface area (Å²) in [6.07, 6.45) is 4.31. The van der Waals surface area contributed by atoms with Crippen LogP contribution in [0.15, 0.2) is 24.3 Å². The molecule has 0 aliphatic rings. The van der Waals surface area contributed by atoms with Crippen LogP contribution in [0.4, 0.5) is 0 Å². The van der Waals surface area contributed by atoms with Crippen molar-refractivity contribution in [1.82, 2.24) is 0 Å². The number of alkyl halides is 1. The molecule has 0 aliphatic heterocycles. The number of unbranched alkanes of at least 4 members (excludes halogenated alkanes) is 3. The Morgan fingerprint density at radius 3 is 2.33 bits per heavy atom. The molecular weight excluding hydrogens is 336 g/mol. The summed E-state index contributed by atoms with van der Waals surface area (Å²) in [6.45, 7) is 0.643. The Balaban J connectivity index is 2.13. The highest BCUT2D eigenvalue weighted by Gasteiger charge is 2.03. The number of benzene rings is 1. The highest BCUT2D eigenvalue weighted by molar-refractivity contribution is 9.09. The average Bonchev–Trinajstić information content (AvgIpc) is 2.53. The van der Waals surface area contributed by atoms with Crippen molar-refractivity contribution in [3.8, 4) is 5.75 Å². The predicted octanol–water partition coefficient (Wildman–Crippen LogP) is 3.77. The van der Waals surface area contributed by atoms with Gasteiger partial charge in [-0.25, -0.2) is 0 Å². The molecule has 0 saturated carbocycles. The van der Waals surface area contributed by atoms with Gasteiger partial charge in [-0.05, 0) is 37.1 Å². The van der Waals surface area contributed by atoms with E-state index in [2.05, 4.69) is 20.7 Å². The second-order valence-electron chi connectivity index (χ2n) is 4.67.